The molecule has 57 heavy (non-hydrogen) atoms. The molecule has 0 aliphatic carbocycles. The Labute approximate surface area is 330 Å². The molecular weight excluding hydrogens is 717 g/mol. The summed E-state index contributed by atoms with van der Waals surface area (Å²) >= 11 is 1.86. The van der Waals surface area contributed by atoms with Gasteiger partial charge in [-0.15, -0.1) is 11.3 Å². The lowest BCUT2D eigenvalue weighted by atomic mass is 9.97. The average molecular weight is 747 g/mol. The monoisotopic (exact) mass is 746 g/mol. The molecule has 0 N–H and O–H groups in total. The number of hydrogen-bond donors (Lipinski definition) is 0. The van der Waals surface area contributed by atoms with E-state index in [-0.39, 0.29) is 0 Å². The number of para-hydroxylation sites is 2. The van der Waals surface area contributed by atoms with Crippen LogP contribution in [-0.4, -0.2) is 19.5 Å². The van der Waals surface area contributed by atoms with E-state index in [9.17, 15) is 0 Å². The van der Waals surface area contributed by atoms with Crippen LogP contribution in [-0.2, 0) is 0 Å². The number of thiophene rings is 1. The van der Waals surface area contributed by atoms with Crippen molar-refractivity contribution in [1.29, 1.82) is 0 Å². The van der Waals surface area contributed by atoms with E-state index in [4.69, 9.17) is 19.4 Å². The molecule has 0 saturated carbocycles. The molecule has 0 unspecified atom stereocenters. The summed E-state index contributed by atoms with van der Waals surface area (Å²) < 4.78 is 11.6. The van der Waals surface area contributed by atoms with Crippen molar-refractivity contribution in [2.24, 2.45) is 0 Å². The second kappa shape index (κ2) is 12.6. The number of hydrogen-bond acceptors (Lipinski definition) is 5. The molecule has 12 rings (SSSR count). The lowest BCUT2D eigenvalue weighted by molar-refractivity contribution is 0.669. The second-order valence-electron chi connectivity index (χ2n) is 14.4. The Morgan fingerprint density at radius 3 is 1.70 bits per heavy atom. The molecule has 12 aromatic rings. The predicted molar refractivity (Wildman–Crippen MR) is 236 cm³/mol. The van der Waals surface area contributed by atoms with Gasteiger partial charge in [-0.25, -0.2) is 15.0 Å². The van der Waals surface area contributed by atoms with E-state index in [1.54, 1.807) is 0 Å². The molecule has 4 heterocycles. The summed E-state index contributed by atoms with van der Waals surface area (Å²) in [6.45, 7) is 0. The Morgan fingerprint density at radius 2 is 1.00 bits per heavy atom. The van der Waals surface area contributed by atoms with Crippen LogP contribution >= 0.6 is 11.3 Å². The zero-order chi connectivity index (χ0) is 37.5. The quantitative estimate of drug-likeness (QED) is 0.176. The number of nitrogens with zero attached hydrogens (tertiary/aromatic N) is 4. The highest BCUT2D eigenvalue weighted by Crippen LogP contribution is 2.44. The van der Waals surface area contributed by atoms with Gasteiger partial charge in [0.25, 0.3) is 0 Å². The summed E-state index contributed by atoms with van der Waals surface area (Å²) in [6.07, 6.45) is 0. The maximum Gasteiger partial charge on any atom is 0.164 e. The molecule has 0 aliphatic rings. The maximum absolute atomic E-state index is 6.60. The van der Waals surface area contributed by atoms with E-state index >= 15 is 0 Å². The topological polar surface area (TPSA) is 56.7 Å². The van der Waals surface area contributed by atoms with Crippen molar-refractivity contribution in [3.05, 3.63) is 182 Å². The number of aromatic nitrogens is 4. The predicted octanol–water partition coefficient (Wildman–Crippen LogP) is 13.9. The van der Waals surface area contributed by atoms with Gasteiger partial charge >= 0.3 is 0 Å². The molecule has 4 aromatic heterocycles. The van der Waals surface area contributed by atoms with Crippen molar-refractivity contribution in [2.45, 2.75) is 0 Å². The van der Waals surface area contributed by atoms with Crippen LogP contribution in [0, 0.1) is 0 Å². The Hall–Kier alpha value is -7.41. The number of rotatable bonds is 5. The van der Waals surface area contributed by atoms with Crippen LogP contribution in [0.25, 0.3) is 115 Å². The molecule has 5 nitrogen and oxygen atoms in total. The first-order chi connectivity index (χ1) is 28.2. The minimum absolute atomic E-state index is 0.598. The van der Waals surface area contributed by atoms with Crippen molar-refractivity contribution in [3.63, 3.8) is 0 Å². The minimum atomic E-state index is 0.598. The zero-order valence-electron chi connectivity index (χ0n) is 30.4. The van der Waals surface area contributed by atoms with Crippen LogP contribution in [0.4, 0.5) is 0 Å². The molecule has 0 radical (unpaired) electrons. The molecule has 0 saturated heterocycles. The van der Waals surface area contributed by atoms with Crippen LogP contribution in [0.15, 0.2) is 186 Å². The fourth-order valence-corrected chi connectivity index (χ4v) is 9.64. The van der Waals surface area contributed by atoms with Gasteiger partial charge in [-0.3, -0.25) is 0 Å². The van der Waals surface area contributed by atoms with Gasteiger partial charge in [0.05, 0.1) is 21.4 Å². The van der Waals surface area contributed by atoms with Crippen molar-refractivity contribution in [1.82, 2.24) is 19.5 Å². The Balaban J connectivity index is 0.993. The minimum Gasteiger partial charge on any atom is -0.456 e. The third-order valence-corrected chi connectivity index (χ3v) is 12.3. The molecule has 6 heteroatoms. The lowest BCUT2D eigenvalue weighted by Gasteiger charge is -2.09. The maximum atomic E-state index is 6.60. The van der Waals surface area contributed by atoms with E-state index in [0.717, 1.165) is 49.8 Å². The van der Waals surface area contributed by atoms with Crippen LogP contribution in [0.5, 0.6) is 0 Å². The first-order valence-corrected chi connectivity index (χ1v) is 19.8. The fourth-order valence-electron chi connectivity index (χ4n) is 8.45. The van der Waals surface area contributed by atoms with E-state index in [0.29, 0.717) is 17.5 Å². The Morgan fingerprint density at radius 1 is 0.404 bits per heavy atom. The molecular formula is C51H30N4OS. The second-order valence-corrected chi connectivity index (χ2v) is 15.4. The standard InChI is InChI=1S/C51H30N4OS/c1-3-13-31(14-4-1)49-52-50(32-15-5-2-6-16-32)54-51(53-49)34-25-27-39-45(30-34)56-44-24-12-19-35(47(39)44)33-26-28-46-40(29-33)38-20-11-23-43(48(38)57-46)55-41-21-9-7-17-36(41)37-18-8-10-22-42(37)55/h1-30H. The molecule has 0 amide bonds. The summed E-state index contributed by atoms with van der Waals surface area (Å²) in [4.78, 5) is 14.8. The van der Waals surface area contributed by atoms with E-state index in [1.807, 2.05) is 72.0 Å². The normalized spacial score (nSPS) is 11.9. The number of fused-ring (bicyclic) bond motifs is 9. The first-order valence-electron chi connectivity index (χ1n) is 19.0. The Kier molecular flexibility index (Phi) is 7.03. The highest BCUT2D eigenvalue weighted by Gasteiger charge is 2.19. The van der Waals surface area contributed by atoms with Crippen molar-refractivity contribution in [2.75, 3.05) is 0 Å². The van der Waals surface area contributed by atoms with Gasteiger partial charge in [0, 0.05) is 53.7 Å². The molecule has 0 aliphatic heterocycles. The summed E-state index contributed by atoms with van der Waals surface area (Å²) in [5.41, 5.74) is 10.3. The molecule has 0 spiro atoms. The van der Waals surface area contributed by atoms with E-state index in [1.165, 1.54) is 47.7 Å². The molecule has 0 bridgehead atoms. The average Bonchev–Trinajstić information content (AvgIpc) is 3.96. The van der Waals surface area contributed by atoms with Gasteiger partial charge in [-0.2, -0.15) is 0 Å². The van der Waals surface area contributed by atoms with Gasteiger partial charge in [0.2, 0.25) is 0 Å². The third-order valence-electron chi connectivity index (χ3n) is 11.1. The van der Waals surface area contributed by atoms with Gasteiger partial charge < -0.3 is 8.98 Å². The Bertz CT molecular complexity index is 3420. The van der Waals surface area contributed by atoms with Gasteiger partial charge in [0.15, 0.2) is 17.5 Å². The molecule has 0 atom stereocenters. The largest absolute Gasteiger partial charge is 0.456 e. The van der Waals surface area contributed by atoms with E-state index in [2.05, 4.69) is 126 Å². The molecule has 0 fully saturated rings. The lowest BCUT2D eigenvalue weighted by Crippen LogP contribution is -2.00. The highest BCUT2D eigenvalue weighted by molar-refractivity contribution is 7.26. The van der Waals surface area contributed by atoms with Crippen LogP contribution < -0.4 is 0 Å². The van der Waals surface area contributed by atoms with E-state index < -0.39 is 0 Å². The van der Waals surface area contributed by atoms with Crippen LogP contribution in [0.3, 0.4) is 0 Å². The van der Waals surface area contributed by atoms with Gasteiger partial charge in [0.1, 0.15) is 11.2 Å². The smallest absolute Gasteiger partial charge is 0.164 e. The van der Waals surface area contributed by atoms with Crippen molar-refractivity contribution in [3.8, 4) is 51.0 Å². The van der Waals surface area contributed by atoms with Gasteiger partial charge in [-0.05, 0) is 59.7 Å². The van der Waals surface area contributed by atoms with Crippen LogP contribution in [0.1, 0.15) is 0 Å². The fraction of sp³-hybridized carbons (Fsp3) is 0. The summed E-state index contributed by atoms with van der Waals surface area (Å²) in [5.74, 6) is 1.86. The molecule has 266 valence electrons. The zero-order valence-corrected chi connectivity index (χ0v) is 31.2. The summed E-state index contributed by atoms with van der Waals surface area (Å²) in [5, 5.41) is 7.18. The summed E-state index contributed by atoms with van der Waals surface area (Å²) in [7, 11) is 0. The first kappa shape index (κ1) is 31.9. The van der Waals surface area contributed by atoms with Crippen LogP contribution in [0.2, 0.25) is 0 Å². The third kappa shape index (κ3) is 5.04. The summed E-state index contributed by atoms with van der Waals surface area (Å²) in [6, 6.07) is 63.8. The SMILES string of the molecule is c1ccc(-c2nc(-c3ccccc3)nc(-c3ccc4c(c3)oc3cccc(-c5ccc6sc7c(-n8c9ccccc9c9ccccc98)cccc7c6c5)c34)n2)cc1. The number of benzene rings is 8. The van der Waals surface area contributed by atoms with Gasteiger partial charge in [-0.1, -0.05) is 133 Å². The highest BCUT2D eigenvalue weighted by atomic mass is 32.1. The van der Waals surface area contributed by atoms with Crippen molar-refractivity contribution < 1.29 is 4.42 Å². The molecule has 8 aromatic carbocycles. The number of furan rings is 1. The van der Waals surface area contributed by atoms with Crippen molar-refractivity contribution >= 4 is 75.3 Å².